The zero-order chi connectivity index (χ0) is 19.6. The first kappa shape index (κ1) is 17.7. The number of fused-ring (bicyclic) bond motifs is 4. The van der Waals surface area contributed by atoms with E-state index in [4.69, 9.17) is 28.2 Å². The molecule has 5 rings (SSSR count). The number of halogens is 2. The number of aromatic nitrogens is 2. The van der Waals surface area contributed by atoms with Gasteiger partial charge in [0.25, 0.3) is 5.56 Å². The molecule has 3 aliphatic rings. The third kappa shape index (κ3) is 2.43. The quantitative estimate of drug-likeness (QED) is 0.786. The van der Waals surface area contributed by atoms with E-state index < -0.39 is 11.4 Å². The first-order valence-electron chi connectivity index (χ1n) is 9.15. The van der Waals surface area contributed by atoms with Crippen LogP contribution >= 0.6 is 23.2 Å². The summed E-state index contributed by atoms with van der Waals surface area (Å²) in [6.45, 7) is 0. The molecule has 2 atom stereocenters. The Morgan fingerprint density at radius 1 is 1.29 bits per heavy atom. The average Bonchev–Trinajstić information content (AvgIpc) is 3.41. The van der Waals surface area contributed by atoms with Crippen LogP contribution in [-0.2, 0) is 11.2 Å². The van der Waals surface area contributed by atoms with Gasteiger partial charge in [-0.15, -0.1) is 0 Å². The molecule has 1 N–H and O–H groups in total. The van der Waals surface area contributed by atoms with Gasteiger partial charge in [0.15, 0.2) is 0 Å². The molecule has 5 nitrogen and oxygen atoms in total. The van der Waals surface area contributed by atoms with Gasteiger partial charge in [0.1, 0.15) is 11.2 Å². The Labute approximate surface area is 170 Å². The van der Waals surface area contributed by atoms with Crippen LogP contribution in [0.1, 0.15) is 47.9 Å². The molecule has 1 fully saturated rings. The van der Waals surface area contributed by atoms with E-state index in [1.54, 1.807) is 34.9 Å². The van der Waals surface area contributed by atoms with Crippen molar-refractivity contribution in [2.45, 2.75) is 31.7 Å². The molecule has 28 heavy (non-hydrogen) atoms. The fourth-order valence-corrected chi connectivity index (χ4v) is 4.83. The number of carboxylic acids is 1. The van der Waals surface area contributed by atoms with Crippen LogP contribution in [0.2, 0.25) is 10.0 Å². The Hall–Kier alpha value is -2.37. The van der Waals surface area contributed by atoms with Gasteiger partial charge in [0.2, 0.25) is 0 Å². The maximum Gasteiger partial charge on any atom is 0.315 e. The lowest BCUT2D eigenvalue weighted by atomic mass is 9.90. The van der Waals surface area contributed by atoms with Gasteiger partial charge in [-0.25, -0.2) is 4.98 Å². The van der Waals surface area contributed by atoms with E-state index in [9.17, 15) is 14.7 Å². The number of hydrogen-bond donors (Lipinski definition) is 1. The highest BCUT2D eigenvalue weighted by atomic mass is 35.5. The maximum atomic E-state index is 13.2. The van der Waals surface area contributed by atoms with Crippen molar-refractivity contribution >= 4 is 46.9 Å². The van der Waals surface area contributed by atoms with Crippen LogP contribution < -0.4 is 5.56 Å². The minimum absolute atomic E-state index is 0.131. The molecule has 0 spiro atoms. The third-order valence-corrected chi connectivity index (χ3v) is 6.60. The van der Waals surface area contributed by atoms with Crippen molar-refractivity contribution in [3.63, 3.8) is 0 Å². The molecule has 1 aliphatic heterocycles. The summed E-state index contributed by atoms with van der Waals surface area (Å²) in [5, 5.41) is 10.6. The Balaban J connectivity index is 1.67. The van der Waals surface area contributed by atoms with Crippen LogP contribution in [-0.4, -0.2) is 20.6 Å². The summed E-state index contributed by atoms with van der Waals surface area (Å²) < 4.78 is 1.57. The number of rotatable bonds is 2. The Morgan fingerprint density at radius 3 is 2.75 bits per heavy atom. The van der Waals surface area contributed by atoms with Gasteiger partial charge in [-0.2, -0.15) is 0 Å². The first-order valence-corrected chi connectivity index (χ1v) is 9.91. The van der Waals surface area contributed by atoms with Gasteiger partial charge in [0, 0.05) is 21.2 Å². The molecule has 2 aliphatic carbocycles. The maximum absolute atomic E-state index is 13.2. The topological polar surface area (TPSA) is 72.2 Å². The van der Waals surface area contributed by atoms with Crippen molar-refractivity contribution < 1.29 is 9.90 Å². The van der Waals surface area contributed by atoms with Gasteiger partial charge in [-0.1, -0.05) is 35.3 Å². The molecular formula is C21H16Cl2N2O3. The van der Waals surface area contributed by atoms with E-state index >= 15 is 0 Å². The minimum atomic E-state index is -0.953. The van der Waals surface area contributed by atoms with Crippen molar-refractivity contribution in [2.24, 2.45) is 5.41 Å². The molecule has 1 saturated carbocycles. The molecular weight excluding hydrogens is 399 g/mol. The predicted octanol–water partition coefficient (Wildman–Crippen LogP) is 4.47. The smallest absolute Gasteiger partial charge is 0.315 e. The SMILES string of the molecule is O=C(O)C12C=Cc3nc4c(c(=O)n3C1C2)CCC/C4=C/c1c(Cl)cccc1Cl. The molecule has 7 heteroatoms. The largest absolute Gasteiger partial charge is 0.481 e. The highest BCUT2D eigenvalue weighted by Crippen LogP contribution is 2.59. The summed E-state index contributed by atoms with van der Waals surface area (Å²) in [7, 11) is 0. The van der Waals surface area contributed by atoms with Gasteiger partial charge in [0.05, 0.1) is 11.7 Å². The van der Waals surface area contributed by atoms with E-state index in [1.807, 2.05) is 6.08 Å². The van der Waals surface area contributed by atoms with E-state index in [0.29, 0.717) is 40.0 Å². The number of allylic oxidation sites excluding steroid dienone is 1. The van der Waals surface area contributed by atoms with E-state index in [0.717, 1.165) is 24.0 Å². The first-order chi connectivity index (χ1) is 13.4. The second-order valence-corrected chi connectivity index (χ2v) is 8.34. The molecule has 2 aromatic rings. The Kier molecular flexibility index (Phi) is 3.83. The molecule has 1 aromatic carbocycles. The predicted molar refractivity (Wildman–Crippen MR) is 109 cm³/mol. The van der Waals surface area contributed by atoms with E-state index in [1.165, 1.54) is 0 Å². The van der Waals surface area contributed by atoms with Crippen LogP contribution in [0, 0.1) is 5.41 Å². The van der Waals surface area contributed by atoms with Crippen LogP contribution in [0.4, 0.5) is 0 Å². The van der Waals surface area contributed by atoms with Crippen LogP contribution in [0.25, 0.3) is 17.7 Å². The van der Waals surface area contributed by atoms with Crippen LogP contribution in [0.5, 0.6) is 0 Å². The average molecular weight is 415 g/mol. The van der Waals surface area contributed by atoms with Gasteiger partial charge in [-0.05, 0) is 55.5 Å². The van der Waals surface area contributed by atoms with Gasteiger partial charge >= 0.3 is 5.97 Å². The molecule has 2 heterocycles. The van der Waals surface area contributed by atoms with Crippen molar-refractivity contribution in [3.05, 3.63) is 67.3 Å². The summed E-state index contributed by atoms with van der Waals surface area (Å²) in [5.74, 6) is -0.376. The summed E-state index contributed by atoms with van der Waals surface area (Å²) >= 11 is 12.6. The number of benzene rings is 1. The normalized spacial score (nSPS) is 25.8. The zero-order valence-corrected chi connectivity index (χ0v) is 16.3. The Morgan fingerprint density at radius 2 is 2.04 bits per heavy atom. The lowest BCUT2D eigenvalue weighted by Gasteiger charge is -2.23. The number of carbonyl (C=O) groups is 1. The van der Waals surface area contributed by atoms with Crippen molar-refractivity contribution in [2.75, 3.05) is 0 Å². The number of aliphatic carboxylic acids is 1. The highest BCUT2D eigenvalue weighted by molar-refractivity contribution is 6.37. The summed E-state index contributed by atoms with van der Waals surface area (Å²) in [4.78, 5) is 29.6. The summed E-state index contributed by atoms with van der Waals surface area (Å²) in [6.07, 6.45) is 7.91. The lowest BCUT2D eigenvalue weighted by Crippen LogP contribution is -2.33. The van der Waals surface area contributed by atoms with Gasteiger partial charge < -0.3 is 5.11 Å². The molecule has 0 radical (unpaired) electrons. The summed E-state index contributed by atoms with van der Waals surface area (Å²) in [5.41, 5.74) is 1.88. The number of carboxylic acid groups (broad SMARTS) is 1. The van der Waals surface area contributed by atoms with Crippen molar-refractivity contribution in [3.8, 4) is 0 Å². The molecule has 0 amide bonds. The minimum Gasteiger partial charge on any atom is -0.481 e. The Bertz CT molecular complexity index is 1140. The van der Waals surface area contributed by atoms with Gasteiger partial charge in [-0.3, -0.25) is 14.2 Å². The second kappa shape index (κ2) is 6.06. The van der Waals surface area contributed by atoms with E-state index in [-0.39, 0.29) is 11.6 Å². The fraction of sp³-hybridized carbons (Fsp3) is 0.286. The lowest BCUT2D eigenvalue weighted by molar-refractivity contribution is -0.141. The zero-order valence-electron chi connectivity index (χ0n) is 14.8. The molecule has 0 bridgehead atoms. The van der Waals surface area contributed by atoms with E-state index in [2.05, 4.69) is 0 Å². The monoisotopic (exact) mass is 414 g/mol. The van der Waals surface area contributed by atoms with Crippen LogP contribution in [0.3, 0.4) is 0 Å². The summed E-state index contributed by atoms with van der Waals surface area (Å²) in [6, 6.07) is 5.00. The highest BCUT2D eigenvalue weighted by Gasteiger charge is 2.62. The third-order valence-electron chi connectivity index (χ3n) is 5.94. The molecule has 142 valence electrons. The second-order valence-electron chi connectivity index (χ2n) is 7.53. The number of hydrogen-bond acceptors (Lipinski definition) is 3. The van der Waals surface area contributed by atoms with Crippen molar-refractivity contribution in [1.82, 2.24) is 9.55 Å². The molecule has 0 saturated heterocycles. The fourth-order valence-electron chi connectivity index (χ4n) is 4.32. The van der Waals surface area contributed by atoms with Crippen molar-refractivity contribution in [1.29, 1.82) is 0 Å². The standard InChI is InChI=1S/C21H16Cl2N2O3/c22-14-5-2-6-15(23)13(14)9-11-3-1-4-12-18(11)24-17-7-8-21(20(27)28)10-16(21)25(17)19(12)26/h2,5-9,16H,1,3-4,10H2,(H,27,28)/b11-9-. The molecule has 1 aromatic heterocycles. The van der Waals surface area contributed by atoms with Crippen LogP contribution in [0.15, 0.2) is 29.1 Å². The molecule has 2 unspecified atom stereocenters. The number of nitrogens with zero attached hydrogens (tertiary/aromatic N) is 2.